The average molecular weight is 459 g/mol. The van der Waals surface area contributed by atoms with Gasteiger partial charge < -0.3 is 10.2 Å². The molecule has 1 aliphatic rings. The third-order valence-corrected chi connectivity index (χ3v) is 6.55. The van der Waals surface area contributed by atoms with E-state index >= 15 is 0 Å². The van der Waals surface area contributed by atoms with Crippen molar-refractivity contribution >= 4 is 27.5 Å². The van der Waals surface area contributed by atoms with Crippen LogP contribution in [-0.4, -0.2) is 56.1 Å². The van der Waals surface area contributed by atoms with E-state index < -0.39 is 62.2 Å². The highest BCUT2D eigenvalue weighted by Crippen LogP contribution is 2.24. The molecule has 2 amide bonds. The third kappa shape index (κ3) is 4.69. The van der Waals surface area contributed by atoms with Crippen LogP contribution in [0.5, 0.6) is 0 Å². The van der Waals surface area contributed by atoms with E-state index in [1.54, 1.807) is 0 Å². The van der Waals surface area contributed by atoms with E-state index in [0.717, 1.165) is 22.5 Å². The number of rotatable bonds is 4. The molecular formula is C19H17F4N3O4S. The van der Waals surface area contributed by atoms with Crippen LogP contribution < -0.4 is 5.32 Å². The zero-order valence-corrected chi connectivity index (χ0v) is 17.0. The Hall–Kier alpha value is -2.99. The van der Waals surface area contributed by atoms with Crippen LogP contribution in [0.4, 0.5) is 23.2 Å². The monoisotopic (exact) mass is 459 g/mol. The fraction of sp³-hybridized carbons (Fsp3) is 0.263. The zero-order valence-electron chi connectivity index (χ0n) is 16.2. The molecule has 0 radical (unpaired) electrons. The van der Waals surface area contributed by atoms with Gasteiger partial charge in [0, 0.05) is 43.5 Å². The summed E-state index contributed by atoms with van der Waals surface area (Å²) in [5.74, 6) is -7.39. The minimum absolute atomic E-state index is 0.0254. The van der Waals surface area contributed by atoms with Gasteiger partial charge in [-0.2, -0.15) is 4.31 Å². The molecule has 2 aromatic rings. The lowest BCUT2D eigenvalue weighted by Crippen LogP contribution is -2.38. The Morgan fingerprint density at radius 1 is 1.00 bits per heavy atom. The number of halogens is 4. The second-order valence-corrected chi connectivity index (χ2v) is 8.77. The van der Waals surface area contributed by atoms with Gasteiger partial charge in [-0.1, -0.05) is 0 Å². The molecule has 0 bridgehead atoms. The van der Waals surface area contributed by atoms with Gasteiger partial charge in [0.05, 0.1) is 6.54 Å². The fourth-order valence-corrected chi connectivity index (χ4v) is 4.50. The summed E-state index contributed by atoms with van der Waals surface area (Å²) in [4.78, 5) is 24.9. The first-order valence-corrected chi connectivity index (χ1v) is 10.4. The van der Waals surface area contributed by atoms with Gasteiger partial charge in [-0.25, -0.2) is 26.0 Å². The van der Waals surface area contributed by atoms with Crippen molar-refractivity contribution in [2.45, 2.75) is 11.3 Å². The van der Waals surface area contributed by atoms with Crippen LogP contribution in [0.15, 0.2) is 35.2 Å². The Labute approximate surface area is 175 Å². The van der Waals surface area contributed by atoms with E-state index in [0.29, 0.717) is 25.1 Å². The first-order chi connectivity index (χ1) is 14.5. The maximum atomic E-state index is 14.4. The van der Waals surface area contributed by atoms with Gasteiger partial charge >= 0.3 is 0 Å². The van der Waals surface area contributed by atoms with Crippen LogP contribution in [0, 0.1) is 23.3 Å². The van der Waals surface area contributed by atoms with E-state index in [9.17, 15) is 35.6 Å². The lowest BCUT2D eigenvalue weighted by molar-refractivity contribution is -0.129. The number of anilines is 1. The maximum absolute atomic E-state index is 14.4. The molecule has 0 unspecified atom stereocenters. The van der Waals surface area contributed by atoms with E-state index in [-0.39, 0.29) is 12.1 Å². The Bertz CT molecular complexity index is 1130. The molecule has 0 saturated carbocycles. The summed E-state index contributed by atoms with van der Waals surface area (Å²) in [6, 6.07) is 3.56. The van der Waals surface area contributed by atoms with Gasteiger partial charge in [-0.3, -0.25) is 9.59 Å². The van der Waals surface area contributed by atoms with Gasteiger partial charge in [-0.05, 0) is 24.6 Å². The summed E-state index contributed by atoms with van der Waals surface area (Å²) in [6.07, 6.45) is 0.338. The van der Waals surface area contributed by atoms with Crippen molar-refractivity contribution in [2.75, 3.05) is 32.0 Å². The smallest absolute Gasteiger partial charge is 0.255 e. The Kier molecular flexibility index (Phi) is 6.32. The molecule has 1 N–H and O–H groups in total. The molecule has 0 atom stereocenters. The third-order valence-electron chi connectivity index (χ3n) is 4.69. The van der Waals surface area contributed by atoms with Crippen molar-refractivity contribution in [1.29, 1.82) is 0 Å². The molecule has 12 heteroatoms. The summed E-state index contributed by atoms with van der Waals surface area (Å²) < 4.78 is 80.7. The highest BCUT2D eigenvalue weighted by atomic mass is 32.2. The molecule has 7 nitrogen and oxygen atoms in total. The second-order valence-electron chi connectivity index (χ2n) is 6.86. The molecule has 0 spiro atoms. The first-order valence-electron chi connectivity index (χ1n) is 9.00. The summed E-state index contributed by atoms with van der Waals surface area (Å²) in [7, 11) is -2.94. The number of benzene rings is 2. The lowest BCUT2D eigenvalue weighted by atomic mass is 10.2. The molecule has 1 heterocycles. The number of hydrogen-bond donors (Lipinski definition) is 1. The molecule has 1 aliphatic heterocycles. The van der Waals surface area contributed by atoms with Crippen LogP contribution >= 0.6 is 0 Å². The van der Waals surface area contributed by atoms with Gasteiger partial charge in [0.1, 0.15) is 10.7 Å². The van der Waals surface area contributed by atoms with Crippen LogP contribution in [0.1, 0.15) is 16.8 Å². The quantitative estimate of drug-likeness (QED) is 0.562. The summed E-state index contributed by atoms with van der Waals surface area (Å²) in [5.41, 5.74) is -0.750. The highest BCUT2D eigenvalue weighted by molar-refractivity contribution is 7.89. The van der Waals surface area contributed by atoms with E-state index in [1.165, 1.54) is 11.9 Å². The van der Waals surface area contributed by atoms with Crippen molar-refractivity contribution in [3.8, 4) is 0 Å². The topological polar surface area (TPSA) is 86.8 Å². The maximum Gasteiger partial charge on any atom is 0.255 e. The molecule has 0 aliphatic carbocycles. The predicted molar refractivity (Wildman–Crippen MR) is 102 cm³/mol. The Balaban J connectivity index is 1.90. The van der Waals surface area contributed by atoms with Crippen molar-refractivity contribution < 1.29 is 35.6 Å². The summed E-state index contributed by atoms with van der Waals surface area (Å²) in [5, 5.41) is 2.09. The number of nitrogens with zero attached hydrogens (tertiary/aromatic N) is 2. The van der Waals surface area contributed by atoms with Crippen LogP contribution in [0.3, 0.4) is 0 Å². The molecule has 1 fully saturated rings. The number of hydrogen-bond acceptors (Lipinski definition) is 4. The van der Waals surface area contributed by atoms with E-state index in [4.69, 9.17) is 0 Å². The molecule has 2 aromatic carbocycles. The van der Waals surface area contributed by atoms with Crippen LogP contribution in [0.2, 0.25) is 0 Å². The minimum atomic E-state index is -4.46. The van der Waals surface area contributed by atoms with Crippen molar-refractivity contribution in [1.82, 2.24) is 9.21 Å². The molecule has 31 heavy (non-hydrogen) atoms. The Morgan fingerprint density at radius 3 is 2.29 bits per heavy atom. The van der Waals surface area contributed by atoms with Crippen molar-refractivity contribution in [3.63, 3.8) is 0 Å². The number of likely N-dealkylation sites (N-methyl/N-ethyl adjacent to an activating group) is 1. The lowest BCUT2D eigenvalue weighted by Gasteiger charge is -2.20. The largest absolute Gasteiger partial charge is 0.345 e. The highest BCUT2D eigenvalue weighted by Gasteiger charge is 2.32. The van der Waals surface area contributed by atoms with Gasteiger partial charge in [0.2, 0.25) is 15.9 Å². The van der Waals surface area contributed by atoms with Gasteiger partial charge in [0.25, 0.3) is 5.91 Å². The summed E-state index contributed by atoms with van der Waals surface area (Å²) >= 11 is 0. The van der Waals surface area contributed by atoms with E-state index in [2.05, 4.69) is 5.32 Å². The standard InChI is InChI=1S/C19H17F4N3O4S/c1-25-5-2-6-26(10-17(25)27)31(29,30)16-7-11(3-4-13(16)20)19(28)24-12-8-14(21)18(23)15(22)9-12/h3-4,7-9H,2,5-6,10H2,1H3,(H,24,28). The summed E-state index contributed by atoms with van der Waals surface area (Å²) in [6.45, 7) is -0.175. The SMILES string of the molecule is CN1CCCN(S(=O)(=O)c2cc(C(=O)Nc3cc(F)c(F)c(F)c3)ccc2F)CC1=O. The number of sulfonamides is 1. The van der Waals surface area contributed by atoms with Crippen molar-refractivity contribution in [3.05, 3.63) is 59.2 Å². The normalized spacial score (nSPS) is 15.6. The molecule has 0 aromatic heterocycles. The van der Waals surface area contributed by atoms with Crippen LogP contribution in [0.25, 0.3) is 0 Å². The molecule has 3 rings (SSSR count). The van der Waals surface area contributed by atoms with Gasteiger partial charge in [-0.15, -0.1) is 0 Å². The average Bonchev–Trinajstić information content (AvgIpc) is 2.87. The number of carbonyl (C=O) groups is 2. The molecule has 166 valence electrons. The Morgan fingerprint density at radius 2 is 1.65 bits per heavy atom. The van der Waals surface area contributed by atoms with Crippen LogP contribution in [-0.2, 0) is 14.8 Å². The minimum Gasteiger partial charge on any atom is -0.345 e. The predicted octanol–water partition coefficient (Wildman–Crippen LogP) is 2.35. The number of amides is 2. The first kappa shape index (κ1) is 22.7. The number of carbonyl (C=O) groups excluding carboxylic acids is 2. The second kappa shape index (κ2) is 8.63. The van der Waals surface area contributed by atoms with Crippen molar-refractivity contribution in [2.24, 2.45) is 0 Å². The van der Waals surface area contributed by atoms with Gasteiger partial charge in [0.15, 0.2) is 17.5 Å². The van der Waals surface area contributed by atoms with E-state index in [1.807, 2.05) is 0 Å². The number of nitrogens with one attached hydrogen (secondary N) is 1. The molecular weight excluding hydrogens is 442 g/mol. The fourth-order valence-electron chi connectivity index (χ4n) is 2.98. The molecule has 1 saturated heterocycles. The zero-order chi connectivity index (χ0) is 22.9.